The van der Waals surface area contributed by atoms with Gasteiger partial charge in [0.05, 0.1) is 22.2 Å². The number of hydrogen-bond donors (Lipinski definition) is 1. The van der Waals surface area contributed by atoms with E-state index in [0.29, 0.717) is 5.69 Å². The van der Waals surface area contributed by atoms with Crippen LogP contribution >= 0.6 is 23.2 Å². The summed E-state index contributed by atoms with van der Waals surface area (Å²) in [4.78, 5) is 27.5. The lowest BCUT2D eigenvalue weighted by Gasteiger charge is -2.22. The number of likely N-dealkylation sites (tertiary alicyclic amines) is 1. The minimum absolute atomic E-state index is 0.0155. The highest BCUT2D eigenvalue weighted by atomic mass is 35.5. The number of nitrogens with zero attached hydrogens (tertiary/aromatic N) is 2. The molecule has 0 aromatic heterocycles. The van der Waals surface area contributed by atoms with Crippen molar-refractivity contribution in [1.29, 1.82) is 0 Å². The number of anilines is 1. The summed E-state index contributed by atoms with van der Waals surface area (Å²) in [5, 5.41) is 0.371. The summed E-state index contributed by atoms with van der Waals surface area (Å²) < 4.78 is 0. The van der Waals surface area contributed by atoms with Crippen molar-refractivity contribution in [1.82, 2.24) is 9.80 Å². The summed E-state index contributed by atoms with van der Waals surface area (Å²) in [6, 6.07) is 2.95. The molecule has 0 unspecified atom stereocenters. The van der Waals surface area contributed by atoms with Crippen LogP contribution in [0.25, 0.3) is 0 Å². The third-order valence-electron chi connectivity index (χ3n) is 3.46. The van der Waals surface area contributed by atoms with Gasteiger partial charge in [0.2, 0.25) is 5.91 Å². The van der Waals surface area contributed by atoms with Gasteiger partial charge in [-0.15, -0.1) is 0 Å². The van der Waals surface area contributed by atoms with Gasteiger partial charge in [-0.1, -0.05) is 23.2 Å². The summed E-state index contributed by atoms with van der Waals surface area (Å²) in [7, 11) is 1.56. The van der Waals surface area contributed by atoms with E-state index in [9.17, 15) is 9.59 Å². The van der Waals surface area contributed by atoms with Crippen molar-refractivity contribution >= 4 is 40.7 Å². The van der Waals surface area contributed by atoms with E-state index < -0.39 is 0 Å². The van der Waals surface area contributed by atoms with Crippen molar-refractivity contribution in [2.75, 3.05) is 32.4 Å². The second-order valence-corrected chi connectivity index (χ2v) is 5.90. The molecule has 0 saturated carbocycles. The Kier molecular flexibility index (Phi) is 4.96. The number of carbonyl (C=O) groups is 2. The van der Waals surface area contributed by atoms with Gasteiger partial charge in [-0.25, -0.2) is 0 Å². The molecular weight excluding hydrogens is 313 g/mol. The van der Waals surface area contributed by atoms with Gasteiger partial charge in [-0.05, 0) is 25.0 Å². The van der Waals surface area contributed by atoms with E-state index in [1.165, 1.54) is 17.0 Å². The van der Waals surface area contributed by atoms with E-state index >= 15 is 0 Å². The van der Waals surface area contributed by atoms with Crippen molar-refractivity contribution in [3.8, 4) is 0 Å². The van der Waals surface area contributed by atoms with E-state index in [4.69, 9.17) is 28.9 Å². The second kappa shape index (κ2) is 6.54. The van der Waals surface area contributed by atoms with Gasteiger partial charge in [0.25, 0.3) is 5.91 Å². The Morgan fingerprint density at radius 1 is 1.29 bits per heavy atom. The maximum atomic E-state index is 12.4. The number of carbonyl (C=O) groups excluding carboxylic acids is 2. The molecule has 0 aliphatic carbocycles. The molecule has 0 bridgehead atoms. The molecule has 1 fully saturated rings. The van der Waals surface area contributed by atoms with Crippen LogP contribution in [0.15, 0.2) is 12.1 Å². The molecule has 2 rings (SSSR count). The molecule has 0 spiro atoms. The largest absolute Gasteiger partial charge is 0.399 e. The minimum Gasteiger partial charge on any atom is -0.399 e. The number of amides is 2. The zero-order valence-electron chi connectivity index (χ0n) is 11.7. The van der Waals surface area contributed by atoms with Crippen LogP contribution in [-0.4, -0.2) is 48.3 Å². The van der Waals surface area contributed by atoms with Crippen molar-refractivity contribution in [2.45, 2.75) is 12.8 Å². The topological polar surface area (TPSA) is 66.6 Å². The van der Waals surface area contributed by atoms with E-state index in [0.717, 1.165) is 25.9 Å². The van der Waals surface area contributed by atoms with Gasteiger partial charge in [0.1, 0.15) is 0 Å². The number of halogens is 2. The Bertz CT molecular complexity index is 572. The normalized spacial score (nSPS) is 14.3. The fraction of sp³-hybridized carbons (Fsp3) is 0.429. The summed E-state index contributed by atoms with van der Waals surface area (Å²) in [6.45, 7) is 1.53. The van der Waals surface area contributed by atoms with E-state index in [1.807, 2.05) is 0 Å². The highest BCUT2D eigenvalue weighted by molar-refractivity contribution is 6.44. The molecule has 0 radical (unpaired) electrons. The predicted octanol–water partition coefficient (Wildman–Crippen LogP) is 2.27. The maximum Gasteiger partial charge on any atom is 0.255 e. The summed E-state index contributed by atoms with van der Waals surface area (Å²) in [6.07, 6.45) is 2.03. The molecule has 1 aliphatic rings. The van der Waals surface area contributed by atoms with Crippen LogP contribution in [0.4, 0.5) is 5.69 Å². The summed E-state index contributed by atoms with van der Waals surface area (Å²) in [5.74, 6) is -0.434. The molecule has 1 aliphatic heterocycles. The smallest absolute Gasteiger partial charge is 0.255 e. The Morgan fingerprint density at radius 2 is 1.90 bits per heavy atom. The standard InChI is InChI=1S/C14H17Cl2N3O2/c1-18(8-12(20)19-4-2-3-5-19)14(21)10-6-9(17)7-11(15)13(10)16/h6-7H,2-5,8,17H2,1H3. The van der Waals surface area contributed by atoms with Crippen molar-refractivity contribution in [2.24, 2.45) is 0 Å². The lowest BCUT2D eigenvalue weighted by atomic mass is 10.1. The first-order chi connectivity index (χ1) is 9.90. The van der Waals surface area contributed by atoms with Gasteiger partial charge in [-0.3, -0.25) is 9.59 Å². The molecule has 2 amide bonds. The van der Waals surface area contributed by atoms with E-state index in [-0.39, 0.29) is 34.0 Å². The van der Waals surface area contributed by atoms with Crippen LogP contribution in [0.1, 0.15) is 23.2 Å². The van der Waals surface area contributed by atoms with Crippen molar-refractivity contribution in [3.63, 3.8) is 0 Å². The Hall–Kier alpha value is -1.46. The molecular formula is C14H17Cl2N3O2. The summed E-state index contributed by atoms with van der Waals surface area (Å²) >= 11 is 12.0. The highest BCUT2D eigenvalue weighted by Crippen LogP contribution is 2.29. The fourth-order valence-electron chi connectivity index (χ4n) is 2.31. The Morgan fingerprint density at radius 3 is 2.52 bits per heavy atom. The third kappa shape index (κ3) is 3.60. The quantitative estimate of drug-likeness (QED) is 0.865. The minimum atomic E-state index is -0.373. The number of rotatable bonds is 3. The molecule has 7 heteroatoms. The van der Waals surface area contributed by atoms with E-state index in [1.54, 1.807) is 11.9 Å². The first kappa shape index (κ1) is 15.9. The monoisotopic (exact) mass is 329 g/mol. The van der Waals surface area contributed by atoms with Gasteiger partial charge >= 0.3 is 0 Å². The number of nitrogens with two attached hydrogens (primary N) is 1. The number of likely N-dealkylation sites (N-methyl/N-ethyl adjacent to an activating group) is 1. The zero-order chi connectivity index (χ0) is 15.6. The highest BCUT2D eigenvalue weighted by Gasteiger charge is 2.23. The first-order valence-corrected chi connectivity index (χ1v) is 7.43. The van der Waals surface area contributed by atoms with Crippen LogP contribution in [0.3, 0.4) is 0 Å². The van der Waals surface area contributed by atoms with Gasteiger partial charge in [0.15, 0.2) is 0 Å². The van der Waals surface area contributed by atoms with Gasteiger partial charge in [0, 0.05) is 25.8 Å². The number of hydrogen-bond acceptors (Lipinski definition) is 3. The fourth-order valence-corrected chi connectivity index (χ4v) is 2.73. The first-order valence-electron chi connectivity index (χ1n) is 6.68. The molecule has 1 heterocycles. The molecule has 2 N–H and O–H groups in total. The van der Waals surface area contributed by atoms with E-state index in [2.05, 4.69) is 0 Å². The van der Waals surface area contributed by atoms with Crippen LogP contribution < -0.4 is 5.73 Å². The Labute approximate surface area is 133 Å². The molecule has 21 heavy (non-hydrogen) atoms. The Balaban J connectivity index is 2.10. The summed E-state index contributed by atoms with van der Waals surface area (Å²) in [5.41, 5.74) is 6.24. The average Bonchev–Trinajstić information content (AvgIpc) is 2.96. The lowest BCUT2D eigenvalue weighted by molar-refractivity contribution is -0.130. The van der Waals surface area contributed by atoms with Crippen LogP contribution in [0.5, 0.6) is 0 Å². The van der Waals surface area contributed by atoms with Crippen LogP contribution in [0, 0.1) is 0 Å². The second-order valence-electron chi connectivity index (χ2n) is 5.11. The van der Waals surface area contributed by atoms with Crippen molar-refractivity contribution in [3.05, 3.63) is 27.7 Å². The van der Waals surface area contributed by atoms with Gasteiger partial charge < -0.3 is 15.5 Å². The molecule has 0 atom stereocenters. The molecule has 1 aromatic rings. The maximum absolute atomic E-state index is 12.4. The predicted molar refractivity (Wildman–Crippen MR) is 83.6 cm³/mol. The lowest BCUT2D eigenvalue weighted by Crippen LogP contribution is -2.39. The molecule has 1 saturated heterocycles. The zero-order valence-corrected chi connectivity index (χ0v) is 13.2. The molecule has 114 valence electrons. The number of benzene rings is 1. The number of nitrogen functional groups attached to an aromatic ring is 1. The molecule has 1 aromatic carbocycles. The average molecular weight is 330 g/mol. The van der Waals surface area contributed by atoms with Crippen molar-refractivity contribution < 1.29 is 9.59 Å². The van der Waals surface area contributed by atoms with Gasteiger partial charge in [-0.2, -0.15) is 0 Å². The van der Waals surface area contributed by atoms with Crippen LogP contribution in [-0.2, 0) is 4.79 Å². The SMILES string of the molecule is CN(CC(=O)N1CCCC1)C(=O)c1cc(N)cc(Cl)c1Cl. The molecule has 5 nitrogen and oxygen atoms in total. The van der Waals surface area contributed by atoms with Crippen LogP contribution in [0.2, 0.25) is 10.0 Å². The third-order valence-corrected chi connectivity index (χ3v) is 4.26.